The fraction of sp³-hybridized carbons (Fsp3) is 0.423. The molecule has 0 radical (unpaired) electrons. The molecule has 7 nitrogen and oxygen atoms in total. The number of amides is 3. The number of hydrogen-bond acceptors (Lipinski definition) is 5. The van der Waals surface area contributed by atoms with Gasteiger partial charge in [-0.15, -0.1) is 0 Å². The van der Waals surface area contributed by atoms with Gasteiger partial charge in [0.15, 0.2) is 0 Å². The summed E-state index contributed by atoms with van der Waals surface area (Å²) in [5, 5.41) is 0.741. The highest BCUT2D eigenvalue weighted by atomic mass is 35.5. The summed E-state index contributed by atoms with van der Waals surface area (Å²) in [5.41, 5.74) is 2.16. The number of hydrogen-bond donors (Lipinski definition) is 0. The van der Waals surface area contributed by atoms with Crippen molar-refractivity contribution in [1.29, 1.82) is 0 Å². The molecule has 0 unspecified atom stereocenters. The average Bonchev–Trinajstić information content (AvgIpc) is 2.84. The van der Waals surface area contributed by atoms with Crippen LogP contribution in [0.15, 0.2) is 48.5 Å². The van der Waals surface area contributed by atoms with Crippen LogP contribution in [0.1, 0.15) is 42.6 Å². The lowest BCUT2D eigenvalue weighted by atomic mass is 10.1. The molecule has 3 amide bonds. The van der Waals surface area contributed by atoms with E-state index >= 15 is 0 Å². The van der Waals surface area contributed by atoms with Crippen LogP contribution in [0.2, 0.25) is 5.02 Å². The molecular formula is C26H32ClN3O4. The Bertz CT molecular complexity index is 971. The molecule has 1 fully saturated rings. The fourth-order valence-corrected chi connectivity index (χ4v) is 3.96. The first-order chi connectivity index (χ1) is 16.4. The Kier molecular flexibility index (Phi) is 9.48. The smallest absolute Gasteiger partial charge is 0.421 e. The molecule has 1 aliphatic heterocycles. The first kappa shape index (κ1) is 25.7. The topological polar surface area (TPSA) is 70.2 Å². The molecule has 3 rings (SSSR count). The molecule has 1 saturated heterocycles. The van der Waals surface area contributed by atoms with E-state index in [1.807, 2.05) is 36.1 Å². The van der Waals surface area contributed by atoms with Gasteiger partial charge in [-0.25, -0.2) is 9.69 Å². The van der Waals surface area contributed by atoms with Gasteiger partial charge in [-0.05, 0) is 54.8 Å². The lowest BCUT2D eigenvalue weighted by Crippen LogP contribution is -2.49. The SMILES string of the molecule is CCCCOC(=O)N(C(C)=O)c1ccc(C(=O)N2CCN(CCc3ccc(Cl)cc3)CC2)cc1. The number of carbonyl (C=O) groups excluding carboxylic acids is 3. The van der Waals surface area contributed by atoms with Gasteiger partial charge in [-0.1, -0.05) is 37.1 Å². The van der Waals surface area contributed by atoms with Gasteiger partial charge in [0.25, 0.3) is 5.91 Å². The second kappa shape index (κ2) is 12.5. The van der Waals surface area contributed by atoms with Crippen LogP contribution in [0.25, 0.3) is 0 Å². The Balaban J connectivity index is 1.52. The molecule has 0 aliphatic carbocycles. The number of unbranched alkanes of at least 4 members (excludes halogenated alkanes) is 1. The van der Waals surface area contributed by atoms with E-state index in [9.17, 15) is 14.4 Å². The first-order valence-electron chi connectivity index (χ1n) is 11.7. The van der Waals surface area contributed by atoms with E-state index in [1.54, 1.807) is 24.3 Å². The minimum absolute atomic E-state index is 0.0520. The minimum Gasteiger partial charge on any atom is -0.449 e. The number of benzene rings is 2. The second-order valence-corrected chi connectivity index (χ2v) is 8.82. The number of carbonyl (C=O) groups is 3. The number of nitrogens with zero attached hydrogens (tertiary/aromatic N) is 3. The van der Waals surface area contributed by atoms with Crippen LogP contribution in [0.5, 0.6) is 0 Å². The van der Waals surface area contributed by atoms with Crippen molar-refractivity contribution in [3.63, 3.8) is 0 Å². The van der Waals surface area contributed by atoms with E-state index in [0.29, 0.717) is 24.3 Å². The summed E-state index contributed by atoms with van der Waals surface area (Å²) < 4.78 is 5.18. The maximum atomic E-state index is 13.0. The Morgan fingerprint density at radius 3 is 2.21 bits per heavy atom. The zero-order valence-electron chi connectivity index (χ0n) is 19.8. The quantitative estimate of drug-likeness (QED) is 0.510. The molecule has 0 saturated carbocycles. The molecule has 0 atom stereocenters. The Labute approximate surface area is 206 Å². The Morgan fingerprint density at radius 1 is 0.971 bits per heavy atom. The maximum Gasteiger partial charge on any atom is 0.421 e. The lowest BCUT2D eigenvalue weighted by Gasteiger charge is -2.34. The van der Waals surface area contributed by atoms with Crippen molar-refractivity contribution in [3.8, 4) is 0 Å². The monoisotopic (exact) mass is 485 g/mol. The predicted molar refractivity (Wildman–Crippen MR) is 133 cm³/mol. The van der Waals surface area contributed by atoms with Crippen molar-refractivity contribution in [2.24, 2.45) is 0 Å². The van der Waals surface area contributed by atoms with Crippen molar-refractivity contribution in [3.05, 3.63) is 64.7 Å². The van der Waals surface area contributed by atoms with E-state index in [1.165, 1.54) is 12.5 Å². The van der Waals surface area contributed by atoms with Gasteiger partial charge in [0.05, 0.1) is 12.3 Å². The first-order valence-corrected chi connectivity index (χ1v) is 12.1. The molecule has 182 valence electrons. The summed E-state index contributed by atoms with van der Waals surface area (Å²) in [6.07, 6.45) is 1.87. The molecule has 0 bridgehead atoms. The molecule has 1 aliphatic rings. The van der Waals surface area contributed by atoms with Crippen molar-refractivity contribution in [1.82, 2.24) is 9.80 Å². The number of anilines is 1. The highest BCUT2D eigenvalue weighted by molar-refractivity contribution is 6.30. The number of ether oxygens (including phenoxy) is 1. The predicted octanol–water partition coefficient (Wildman–Crippen LogP) is 4.63. The molecule has 0 N–H and O–H groups in total. The zero-order chi connectivity index (χ0) is 24.5. The van der Waals surface area contributed by atoms with Crippen LogP contribution < -0.4 is 4.90 Å². The number of imide groups is 1. The van der Waals surface area contributed by atoms with E-state index in [0.717, 1.165) is 48.8 Å². The van der Waals surface area contributed by atoms with Crippen LogP contribution in [0, 0.1) is 0 Å². The molecule has 0 aromatic heterocycles. The lowest BCUT2D eigenvalue weighted by molar-refractivity contribution is -0.116. The van der Waals surface area contributed by atoms with Crippen LogP contribution in [0.4, 0.5) is 10.5 Å². The molecule has 34 heavy (non-hydrogen) atoms. The molecular weight excluding hydrogens is 454 g/mol. The van der Waals surface area contributed by atoms with Crippen molar-refractivity contribution >= 4 is 35.2 Å². The van der Waals surface area contributed by atoms with Gasteiger partial charge in [-0.3, -0.25) is 14.5 Å². The van der Waals surface area contributed by atoms with Crippen molar-refractivity contribution in [2.75, 3.05) is 44.2 Å². The van der Waals surface area contributed by atoms with Gasteiger partial charge in [0.2, 0.25) is 5.91 Å². The highest BCUT2D eigenvalue weighted by Crippen LogP contribution is 2.19. The van der Waals surface area contributed by atoms with E-state index < -0.39 is 12.0 Å². The molecule has 0 spiro atoms. The van der Waals surface area contributed by atoms with Gasteiger partial charge in [-0.2, -0.15) is 0 Å². The Hall–Kier alpha value is -2.90. The third-order valence-electron chi connectivity index (χ3n) is 5.88. The number of halogens is 1. The molecule has 1 heterocycles. The third-order valence-corrected chi connectivity index (χ3v) is 6.13. The van der Waals surface area contributed by atoms with Crippen LogP contribution in [-0.4, -0.2) is 67.0 Å². The maximum absolute atomic E-state index is 13.0. The van der Waals surface area contributed by atoms with Gasteiger partial charge >= 0.3 is 6.09 Å². The Morgan fingerprint density at radius 2 is 1.62 bits per heavy atom. The van der Waals surface area contributed by atoms with Crippen LogP contribution in [-0.2, 0) is 16.0 Å². The summed E-state index contributed by atoms with van der Waals surface area (Å²) in [5.74, 6) is -0.487. The molecule has 8 heteroatoms. The molecule has 2 aromatic rings. The standard InChI is InChI=1S/C26H32ClN3O4/c1-3-4-19-34-26(33)30(20(2)31)24-11-7-22(8-12-24)25(32)29-17-15-28(16-18-29)14-13-21-5-9-23(27)10-6-21/h5-12H,3-4,13-19H2,1-2H3. The second-order valence-electron chi connectivity index (χ2n) is 8.38. The third kappa shape index (κ3) is 7.05. The van der Waals surface area contributed by atoms with Crippen molar-refractivity contribution < 1.29 is 19.1 Å². The van der Waals surface area contributed by atoms with Crippen molar-refractivity contribution in [2.45, 2.75) is 33.1 Å². The van der Waals surface area contributed by atoms with E-state index in [-0.39, 0.29) is 12.5 Å². The zero-order valence-corrected chi connectivity index (χ0v) is 20.6. The van der Waals surface area contributed by atoms with Gasteiger partial charge in [0.1, 0.15) is 0 Å². The summed E-state index contributed by atoms with van der Waals surface area (Å²) in [6.45, 7) is 7.46. The number of piperazine rings is 1. The number of rotatable bonds is 8. The summed E-state index contributed by atoms with van der Waals surface area (Å²) in [4.78, 5) is 42.5. The van der Waals surface area contributed by atoms with E-state index in [2.05, 4.69) is 4.90 Å². The fourth-order valence-electron chi connectivity index (χ4n) is 3.83. The minimum atomic E-state index is -0.699. The molecule has 2 aromatic carbocycles. The van der Waals surface area contributed by atoms with Gasteiger partial charge in [0, 0.05) is 50.2 Å². The van der Waals surface area contributed by atoms with Crippen LogP contribution in [0.3, 0.4) is 0 Å². The normalized spacial score (nSPS) is 14.0. The highest BCUT2D eigenvalue weighted by Gasteiger charge is 2.24. The average molecular weight is 486 g/mol. The summed E-state index contributed by atoms with van der Waals surface area (Å²) in [6, 6.07) is 14.4. The van der Waals surface area contributed by atoms with Crippen LogP contribution >= 0.6 is 11.6 Å². The van der Waals surface area contributed by atoms with E-state index in [4.69, 9.17) is 16.3 Å². The summed E-state index contributed by atoms with van der Waals surface area (Å²) >= 11 is 5.95. The van der Waals surface area contributed by atoms with Gasteiger partial charge < -0.3 is 9.64 Å². The summed E-state index contributed by atoms with van der Waals surface area (Å²) in [7, 11) is 0. The largest absolute Gasteiger partial charge is 0.449 e.